The Kier molecular flexibility index (Phi) is 10.5. The highest BCUT2D eigenvalue weighted by atomic mass is 16.6. The third-order valence-corrected chi connectivity index (χ3v) is 6.24. The van der Waals surface area contributed by atoms with Gasteiger partial charge in [0.05, 0.1) is 37.0 Å². The van der Waals surface area contributed by atoms with E-state index in [0.29, 0.717) is 32.3 Å². The minimum atomic E-state index is -0.994. The van der Waals surface area contributed by atoms with Crippen molar-refractivity contribution in [1.82, 2.24) is 5.32 Å². The quantitative estimate of drug-likeness (QED) is 0.395. The number of rotatable bonds is 13. The van der Waals surface area contributed by atoms with Gasteiger partial charge in [0.25, 0.3) is 0 Å². The Morgan fingerprint density at radius 3 is 2.32 bits per heavy atom. The molecule has 2 unspecified atom stereocenters. The molecule has 1 saturated carbocycles. The molecule has 2 N–H and O–H groups in total. The summed E-state index contributed by atoms with van der Waals surface area (Å²) in [4.78, 5) is 37.9. The van der Waals surface area contributed by atoms with Gasteiger partial charge in [-0.3, -0.25) is 14.4 Å². The SMILES string of the molecule is CCCC(CC1(C(=O)NC(COCc2ccccc2)CC(=O)O)CCCC1)C(=O)OC(C)(C)C. The summed E-state index contributed by atoms with van der Waals surface area (Å²) in [7, 11) is 0. The van der Waals surface area contributed by atoms with E-state index < -0.39 is 23.0 Å². The summed E-state index contributed by atoms with van der Waals surface area (Å²) in [6, 6.07) is 8.97. The van der Waals surface area contributed by atoms with Crippen LogP contribution in [0.15, 0.2) is 30.3 Å². The van der Waals surface area contributed by atoms with Crippen LogP contribution in [0, 0.1) is 11.3 Å². The molecule has 0 aromatic heterocycles. The molecule has 0 bridgehead atoms. The van der Waals surface area contributed by atoms with Crippen LogP contribution in [0.25, 0.3) is 0 Å². The van der Waals surface area contributed by atoms with E-state index in [1.54, 1.807) is 0 Å². The largest absolute Gasteiger partial charge is 0.481 e. The van der Waals surface area contributed by atoms with Crippen LogP contribution in [0.4, 0.5) is 0 Å². The lowest BCUT2D eigenvalue weighted by molar-refractivity contribution is -0.162. The smallest absolute Gasteiger partial charge is 0.309 e. The fourth-order valence-corrected chi connectivity index (χ4v) is 4.68. The molecule has 1 aromatic rings. The van der Waals surface area contributed by atoms with Crippen molar-refractivity contribution >= 4 is 17.8 Å². The van der Waals surface area contributed by atoms with Crippen molar-refractivity contribution in [2.24, 2.45) is 11.3 Å². The third kappa shape index (κ3) is 9.09. The highest BCUT2D eigenvalue weighted by molar-refractivity contribution is 5.85. The Bertz CT molecular complexity index is 795. The van der Waals surface area contributed by atoms with Crippen LogP contribution in [0.3, 0.4) is 0 Å². The molecule has 1 aliphatic carbocycles. The van der Waals surface area contributed by atoms with Gasteiger partial charge in [-0.1, -0.05) is 56.5 Å². The zero-order valence-corrected chi connectivity index (χ0v) is 21.1. The number of hydrogen-bond acceptors (Lipinski definition) is 5. The van der Waals surface area contributed by atoms with Gasteiger partial charge in [0, 0.05) is 0 Å². The first-order valence-corrected chi connectivity index (χ1v) is 12.4. The summed E-state index contributed by atoms with van der Waals surface area (Å²) < 4.78 is 11.4. The number of carbonyl (C=O) groups is 3. The molecule has 0 aliphatic heterocycles. The lowest BCUT2D eigenvalue weighted by Gasteiger charge is -2.33. The van der Waals surface area contributed by atoms with E-state index in [-0.39, 0.29) is 30.8 Å². The van der Waals surface area contributed by atoms with Crippen molar-refractivity contribution in [3.63, 3.8) is 0 Å². The van der Waals surface area contributed by atoms with Crippen LogP contribution in [-0.4, -0.2) is 41.2 Å². The first-order chi connectivity index (χ1) is 16.0. The van der Waals surface area contributed by atoms with Crippen molar-refractivity contribution in [2.45, 2.75) is 97.3 Å². The number of nitrogens with one attached hydrogen (secondary N) is 1. The molecule has 2 atom stereocenters. The molecule has 0 saturated heterocycles. The highest BCUT2D eigenvalue weighted by Crippen LogP contribution is 2.45. The number of aliphatic carboxylic acids is 1. The molecule has 1 amide bonds. The van der Waals surface area contributed by atoms with Crippen molar-refractivity contribution in [3.8, 4) is 0 Å². The van der Waals surface area contributed by atoms with Crippen LogP contribution in [0.2, 0.25) is 0 Å². The number of carbonyl (C=O) groups excluding carboxylic acids is 2. The number of esters is 1. The normalized spacial score (nSPS) is 17.1. The summed E-state index contributed by atoms with van der Waals surface area (Å²) in [6.07, 6.45) is 4.87. The molecule has 190 valence electrons. The van der Waals surface area contributed by atoms with Crippen LogP contribution in [0.5, 0.6) is 0 Å². The molecule has 7 heteroatoms. The minimum absolute atomic E-state index is 0.105. The van der Waals surface area contributed by atoms with E-state index in [4.69, 9.17) is 9.47 Å². The lowest BCUT2D eigenvalue weighted by Crippen LogP contribution is -2.48. The summed E-state index contributed by atoms with van der Waals surface area (Å²) in [5.41, 5.74) is -0.293. The summed E-state index contributed by atoms with van der Waals surface area (Å²) in [5, 5.41) is 12.3. The summed E-state index contributed by atoms with van der Waals surface area (Å²) in [6.45, 7) is 8.00. The molecule has 0 heterocycles. The Morgan fingerprint density at radius 1 is 1.12 bits per heavy atom. The van der Waals surface area contributed by atoms with Crippen LogP contribution >= 0.6 is 0 Å². The predicted octanol–water partition coefficient (Wildman–Crippen LogP) is 4.87. The zero-order valence-electron chi connectivity index (χ0n) is 21.1. The van der Waals surface area contributed by atoms with Gasteiger partial charge >= 0.3 is 11.9 Å². The molecule has 1 aromatic carbocycles. The van der Waals surface area contributed by atoms with Crippen molar-refractivity contribution in [1.29, 1.82) is 0 Å². The van der Waals surface area contributed by atoms with E-state index in [9.17, 15) is 19.5 Å². The molecule has 7 nitrogen and oxygen atoms in total. The van der Waals surface area contributed by atoms with E-state index in [2.05, 4.69) is 5.32 Å². The Balaban J connectivity index is 2.09. The second kappa shape index (κ2) is 12.9. The van der Waals surface area contributed by atoms with Gasteiger partial charge in [0.15, 0.2) is 0 Å². The topological polar surface area (TPSA) is 102 Å². The molecule has 2 rings (SSSR count). The van der Waals surface area contributed by atoms with Crippen molar-refractivity contribution in [3.05, 3.63) is 35.9 Å². The maximum Gasteiger partial charge on any atom is 0.309 e. The van der Waals surface area contributed by atoms with Crippen LogP contribution in [0.1, 0.15) is 84.6 Å². The first-order valence-electron chi connectivity index (χ1n) is 12.4. The Labute approximate surface area is 203 Å². The van der Waals surface area contributed by atoms with Crippen molar-refractivity contribution in [2.75, 3.05) is 6.61 Å². The molecule has 0 radical (unpaired) electrons. The van der Waals surface area contributed by atoms with Gasteiger partial charge in [-0.05, 0) is 52.0 Å². The number of benzene rings is 1. The Morgan fingerprint density at radius 2 is 1.76 bits per heavy atom. The zero-order chi connectivity index (χ0) is 25.2. The Hall–Kier alpha value is -2.41. The van der Waals surface area contributed by atoms with Gasteiger partial charge in [-0.25, -0.2) is 0 Å². The molecule has 1 fully saturated rings. The maximum absolute atomic E-state index is 13.5. The standard InChI is InChI=1S/C27H41NO6/c1-5-11-21(24(31)34-26(2,3)4)17-27(14-9-10-15-27)25(32)28-22(16-23(29)30)19-33-18-20-12-7-6-8-13-20/h6-8,12-13,21-22H,5,9-11,14-19H2,1-4H3,(H,28,32)(H,29,30). The monoisotopic (exact) mass is 475 g/mol. The molecular formula is C27H41NO6. The molecular weight excluding hydrogens is 434 g/mol. The number of hydrogen-bond donors (Lipinski definition) is 2. The number of carboxylic acid groups (broad SMARTS) is 1. The van der Waals surface area contributed by atoms with Gasteiger partial charge < -0.3 is 19.9 Å². The molecule has 0 spiro atoms. The summed E-state index contributed by atoms with van der Waals surface area (Å²) in [5.74, 6) is -1.79. The fourth-order valence-electron chi connectivity index (χ4n) is 4.68. The molecule has 1 aliphatic rings. The van der Waals surface area contributed by atoms with Crippen LogP contribution < -0.4 is 5.32 Å². The summed E-state index contributed by atoms with van der Waals surface area (Å²) >= 11 is 0. The fraction of sp³-hybridized carbons (Fsp3) is 0.667. The lowest BCUT2D eigenvalue weighted by atomic mass is 9.75. The van der Waals surface area contributed by atoms with Gasteiger partial charge in [0.2, 0.25) is 5.91 Å². The average molecular weight is 476 g/mol. The number of ether oxygens (including phenoxy) is 2. The second-order valence-electron chi connectivity index (χ2n) is 10.5. The van der Waals surface area contributed by atoms with Gasteiger partial charge in [0.1, 0.15) is 5.60 Å². The highest BCUT2D eigenvalue weighted by Gasteiger charge is 2.45. The van der Waals surface area contributed by atoms with E-state index >= 15 is 0 Å². The maximum atomic E-state index is 13.5. The van der Waals surface area contributed by atoms with Crippen LogP contribution in [-0.2, 0) is 30.5 Å². The molecule has 34 heavy (non-hydrogen) atoms. The van der Waals surface area contributed by atoms with Gasteiger partial charge in [-0.15, -0.1) is 0 Å². The predicted molar refractivity (Wildman–Crippen MR) is 130 cm³/mol. The average Bonchev–Trinajstić information content (AvgIpc) is 3.22. The third-order valence-electron chi connectivity index (χ3n) is 6.24. The number of carboxylic acids is 1. The first kappa shape index (κ1) is 27.8. The van der Waals surface area contributed by atoms with Gasteiger partial charge in [-0.2, -0.15) is 0 Å². The van der Waals surface area contributed by atoms with E-state index in [1.165, 1.54) is 0 Å². The van der Waals surface area contributed by atoms with E-state index in [1.807, 2.05) is 58.0 Å². The minimum Gasteiger partial charge on any atom is -0.481 e. The number of amides is 1. The van der Waals surface area contributed by atoms with Crippen molar-refractivity contribution < 1.29 is 29.0 Å². The van der Waals surface area contributed by atoms with E-state index in [0.717, 1.165) is 24.8 Å². The second-order valence-corrected chi connectivity index (χ2v) is 10.5.